The lowest BCUT2D eigenvalue weighted by atomic mass is 9.86. The number of rotatable bonds is 14. The third-order valence-corrected chi connectivity index (χ3v) is 7.27. The number of carbonyl (C=O) groups is 1. The number of aromatic nitrogens is 2. The number of allylic oxidation sites excluding steroid dienone is 1. The number of urea groups is 1. The van der Waals surface area contributed by atoms with Crippen molar-refractivity contribution in [3.05, 3.63) is 41.9 Å². The molecule has 0 bridgehead atoms. The monoisotopic (exact) mass is 613 g/mol. The van der Waals surface area contributed by atoms with E-state index in [1.807, 2.05) is 0 Å². The van der Waals surface area contributed by atoms with Gasteiger partial charge in [0.2, 0.25) is 5.91 Å². The zero-order valence-corrected chi connectivity index (χ0v) is 24.0. The summed E-state index contributed by atoms with van der Waals surface area (Å²) in [7, 11) is 0. The number of halogens is 3. The first kappa shape index (κ1) is 32.5. The number of carbonyl (C=O) groups excluding carboxylic acids is 1. The minimum absolute atomic E-state index is 0.104. The predicted octanol–water partition coefficient (Wildman–Crippen LogP) is 4.19. The Morgan fingerprint density at radius 3 is 2.77 bits per heavy atom. The molecule has 2 unspecified atom stereocenters. The van der Waals surface area contributed by atoms with Crippen molar-refractivity contribution in [1.29, 1.82) is 16.1 Å². The van der Waals surface area contributed by atoms with Gasteiger partial charge in [-0.3, -0.25) is 4.99 Å². The zero-order valence-electron chi connectivity index (χ0n) is 24.0. The fourth-order valence-corrected chi connectivity index (χ4v) is 4.53. The van der Waals surface area contributed by atoms with Gasteiger partial charge in [-0.15, -0.1) is 0 Å². The third kappa shape index (κ3) is 8.82. The lowest BCUT2D eigenvalue weighted by Crippen LogP contribution is -2.68. The Morgan fingerprint density at radius 1 is 1.39 bits per heavy atom. The molecule has 0 radical (unpaired) electrons. The molecule has 0 spiro atoms. The number of nitrogens with zero attached hydrogens (tertiary/aromatic N) is 4. The number of aliphatic hydroxyl groups is 1. The number of nitrogens with one attached hydrogen (secondary N) is 5. The number of anilines is 1. The van der Waals surface area contributed by atoms with Crippen LogP contribution in [0.25, 0.3) is 17.3 Å². The van der Waals surface area contributed by atoms with E-state index in [2.05, 4.69) is 26.3 Å². The van der Waals surface area contributed by atoms with Crippen LogP contribution >= 0.6 is 0 Å². The van der Waals surface area contributed by atoms with Crippen LogP contribution in [0.15, 0.2) is 41.0 Å². The molecule has 2 atom stereocenters. The second kappa shape index (κ2) is 13.5. The van der Waals surface area contributed by atoms with Crippen LogP contribution < -0.4 is 10.6 Å². The van der Waals surface area contributed by atoms with Gasteiger partial charge in [0, 0.05) is 49.9 Å². The van der Waals surface area contributed by atoms with Gasteiger partial charge in [0.15, 0.2) is 0 Å². The molecule has 2 amide bonds. The quantitative estimate of drug-likeness (QED) is 0.137. The van der Waals surface area contributed by atoms with Gasteiger partial charge in [-0.2, -0.15) is 18.4 Å². The summed E-state index contributed by atoms with van der Waals surface area (Å²) in [6.07, 6.45) is 4.56. The molecule has 2 aromatic rings. The number of amides is 2. The van der Waals surface area contributed by atoms with Gasteiger partial charge in [-0.05, 0) is 42.5 Å². The highest BCUT2D eigenvalue weighted by atomic mass is 19.4. The largest absolute Gasteiger partial charge is 0.405 e. The Hall–Kier alpha value is -4.39. The van der Waals surface area contributed by atoms with Crippen molar-refractivity contribution in [1.82, 2.24) is 20.2 Å². The third-order valence-electron chi connectivity index (χ3n) is 7.27. The number of ether oxygens (including phenoxy) is 1. The van der Waals surface area contributed by atoms with Crippen molar-refractivity contribution >= 4 is 36.4 Å². The number of likely N-dealkylation sites (tertiary alicyclic amines) is 1. The van der Waals surface area contributed by atoms with E-state index in [0.29, 0.717) is 48.3 Å². The van der Waals surface area contributed by atoms with Gasteiger partial charge in [0.25, 0.3) is 0 Å². The zero-order chi connectivity index (χ0) is 32.0. The summed E-state index contributed by atoms with van der Waals surface area (Å²) >= 11 is 0. The van der Waals surface area contributed by atoms with Crippen LogP contribution in [0.5, 0.6) is 0 Å². The summed E-state index contributed by atoms with van der Waals surface area (Å²) in [5, 5.41) is 40.1. The molecule has 4 rings (SSSR count). The number of H-pyrrole nitrogens is 1. The number of aliphatic imine (C=N–C) groups is 1. The molecule has 12 nitrogen and oxygen atoms in total. The molecule has 1 aromatic carbocycles. The van der Waals surface area contributed by atoms with Crippen LogP contribution in [-0.2, 0) is 4.74 Å². The SMILES string of the molecule is CC(O)(OCC1CC1)N1CC(CC#N)(N=CC(C=N)/C(C=N)=C/c2ncc(-c3cccc(NC(=O)NCC(F)(F)F)c3)[nH]2)C1. The first-order chi connectivity index (χ1) is 20.8. The van der Waals surface area contributed by atoms with Gasteiger partial charge in [0.1, 0.15) is 12.4 Å². The molecular weight excluding hydrogens is 579 g/mol. The molecule has 44 heavy (non-hydrogen) atoms. The average Bonchev–Trinajstić information content (AvgIpc) is 3.68. The maximum absolute atomic E-state index is 12.4. The average molecular weight is 614 g/mol. The number of hydrogen-bond donors (Lipinski definition) is 6. The first-order valence-electron chi connectivity index (χ1n) is 13.9. The number of alkyl halides is 3. The molecule has 2 aliphatic rings. The fourth-order valence-electron chi connectivity index (χ4n) is 4.53. The number of benzene rings is 1. The molecule has 2 fully saturated rings. The predicted molar refractivity (Wildman–Crippen MR) is 158 cm³/mol. The smallest absolute Gasteiger partial charge is 0.353 e. The van der Waals surface area contributed by atoms with E-state index in [-0.39, 0.29) is 12.1 Å². The lowest BCUT2D eigenvalue weighted by molar-refractivity contribution is -0.308. The minimum atomic E-state index is -4.53. The topological polar surface area (TPSA) is 186 Å². The maximum atomic E-state index is 12.4. The highest BCUT2D eigenvalue weighted by Crippen LogP contribution is 2.36. The summed E-state index contributed by atoms with van der Waals surface area (Å²) in [6, 6.07) is 7.57. The molecule has 1 saturated carbocycles. The Morgan fingerprint density at radius 2 is 2.14 bits per heavy atom. The summed E-state index contributed by atoms with van der Waals surface area (Å²) < 4.78 is 42.8. The van der Waals surface area contributed by atoms with Crippen LogP contribution in [0.3, 0.4) is 0 Å². The van der Waals surface area contributed by atoms with Crippen LogP contribution in [0.1, 0.15) is 32.0 Å². The Bertz CT molecular complexity index is 1450. The standard InChI is InChI=1S/C29H34F3N9O3/c1-27(43,44-15-19-5-6-19)41-17-28(18-41,7-8-33)38-13-22(12-35)21(11-34)10-25-36-14-24(40-25)20-3-2-4-23(9-20)39-26(42)37-16-29(30,31)32/h2-4,9-14,19,22,34-35,43H,5-7,15-18H2,1H3,(H,36,40)(H2,37,39,42)/b21-10+,34-11?,35-12?,38-13?. The van der Waals surface area contributed by atoms with E-state index in [9.17, 15) is 28.3 Å². The summed E-state index contributed by atoms with van der Waals surface area (Å²) in [5.41, 5.74) is 1.02. The van der Waals surface area contributed by atoms with Crippen LogP contribution in [-0.4, -0.2) is 88.5 Å². The molecular formula is C29H34F3N9O3. The minimum Gasteiger partial charge on any atom is -0.353 e. The van der Waals surface area contributed by atoms with Gasteiger partial charge < -0.3 is 36.3 Å². The van der Waals surface area contributed by atoms with Crippen molar-refractivity contribution < 1.29 is 27.8 Å². The van der Waals surface area contributed by atoms with E-state index < -0.39 is 36.1 Å². The lowest BCUT2D eigenvalue weighted by Gasteiger charge is -2.52. The molecule has 1 aromatic heterocycles. The van der Waals surface area contributed by atoms with E-state index in [4.69, 9.17) is 15.6 Å². The molecule has 1 aliphatic heterocycles. The summed E-state index contributed by atoms with van der Waals surface area (Å²) in [5.74, 6) is -1.32. The second-order valence-corrected chi connectivity index (χ2v) is 11.0. The van der Waals surface area contributed by atoms with Crippen molar-refractivity contribution in [2.75, 3.05) is 31.6 Å². The van der Waals surface area contributed by atoms with Gasteiger partial charge in [0.05, 0.1) is 42.4 Å². The van der Waals surface area contributed by atoms with E-state index in [0.717, 1.165) is 25.3 Å². The fraction of sp³-hybridized carbons (Fsp3) is 0.448. The molecule has 15 heteroatoms. The second-order valence-electron chi connectivity index (χ2n) is 11.0. The Labute approximate surface area is 252 Å². The van der Waals surface area contributed by atoms with Crippen molar-refractivity contribution in [3.63, 3.8) is 0 Å². The van der Waals surface area contributed by atoms with E-state index >= 15 is 0 Å². The van der Waals surface area contributed by atoms with E-state index in [1.54, 1.807) is 41.4 Å². The van der Waals surface area contributed by atoms with Crippen molar-refractivity contribution in [2.24, 2.45) is 16.8 Å². The molecule has 1 aliphatic carbocycles. The number of hydrogen-bond acceptors (Lipinski definition) is 9. The maximum Gasteiger partial charge on any atom is 0.405 e. The molecule has 234 valence electrons. The van der Waals surface area contributed by atoms with Crippen molar-refractivity contribution in [2.45, 2.75) is 43.8 Å². The van der Waals surface area contributed by atoms with E-state index in [1.165, 1.54) is 18.5 Å². The van der Waals surface area contributed by atoms with Gasteiger partial charge in [-0.1, -0.05) is 12.1 Å². The molecule has 6 N–H and O–H groups in total. The van der Waals surface area contributed by atoms with Crippen molar-refractivity contribution in [3.8, 4) is 17.3 Å². The Kier molecular flexibility index (Phi) is 9.98. The van der Waals surface area contributed by atoms with Crippen LogP contribution in [0.2, 0.25) is 0 Å². The Balaban J connectivity index is 1.42. The molecule has 1 saturated heterocycles. The number of imidazole rings is 1. The normalized spacial score (nSPS) is 19.0. The molecule has 2 heterocycles. The van der Waals surface area contributed by atoms with Crippen LogP contribution in [0.4, 0.5) is 23.7 Å². The highest BCUT2D eigenvalue weighted by Gasteiger charge is 2.50. The first-order valence-corrected chi connectivity index (χ1v) is 13.9. The van der Waals surface area contributed by atoms with Gasteiger partial charge >= 0.3 is 12.2 Å². The summed E-state index contributed by atoms with van der Waals surface area (Å²) in [4.78, 5) is 25.5. The highest BCUT2D eigenvalue weighted by molar-refractivity contribution is 5.99. The van der Waals surface area contributed by atoms with Crippen LogP contribution in [0, 0.1) is 34.0 Å². The number of nitriles is 1. The summed E-state index contributed by atoms with van der Waals surface area (Å²) in [6.45, 7) is 1.18. The number of aromatic amines is 1. The van der Waals surface area contributed by atoms with Gasteiger partial charge in [-0.25, -0.2) is 14.7 Å².